The summed E-state index contributed by atoms with van der Waals surface area (Å²) in [6.45, 7) is 0.648. The Balaban J connectivity index is 1.19. The van der Waals surface area contributed by atoms with E-state index in [0.717, 1.165) is 38.9 Å². The Hall–Kier alpha value is -5.80. The van der Waals surface area contributed by atoms with Gasteiger partial charge in [-0.15, -0.1) is 0 Å². The zero-order chi connectivity index (χ0) is 34.7. The molecule has 1 aliphatic rings. The fourth-order valence-electron chi connectivity index (χ4n) is 6.78. The standard InChI is InChI=1S/C41H37N3O5S/c1-48-36-25-28(26-37(41(36)49-2)50(46,47)44-24-23-30-15-9-12-20-35(30)44)21-22-38(45)42-27-33(29-13-5-3-6-14-29)39-32-18-10-11-19-34(32)43-40(39)31-16-7-4-8-17-31/h3-22,25-26,33,43H,23-24,27H2,1-2H3,(H,42,45). The van der Waals surface area contributed by atoms with Gasteiger partial charge in [-0.05, 0) is 64.6 Å². The Morgan fingerprint density at radius 3 is 2.34 bits per heavy atom. The Kier molecular flexibility index (Phi) is 9.15. The Morgan fingerprint density at radius 1 is 0.880 bits per heavy atom. The number of H-pyrrole nitrogens is 1. The van der Waals surface area contributed by atoms with Crippen LogP contribution in [0.5, 0.6) is 11.5 Å². The predicted molar refractivity (Wildman–Crippen MR) is 198 cm³/mol. The molecule has 0 aliphatic carbocycles. The van der Waals surface area contributed by atoms with Crippen LogP contribution in [-0.2, 0) is 21.2 Å². The number of rotatable bonds is 11. The molecule has 0 saturated carbocycles. The van der Waals surface area contributed by atoms with Gasteiger partial charge in [-0.2, -0.15) is 0 Å². The lowest BCUT2D eigenvalue weighted by molar-refractivity contribution is -0.116. The third-order valence-corrected chi connectivity index (χ3v) is 11.0. The zero-order valence-corrected chi connectivity index (χ0v) is 28.6. The lowest BCUT2D eigenvalue weighted by atomic mass is 9.87. The molecule has 0 radical (unpaired) electrons. The van der Waals surface area contributed by atoms with Crippen molar-refractivity contribution in [2.24, 2.45) is 0 Å². The van der Waals surface area contributed by atoms with Gasteiger partial charge in [0.25, 0.3) is 10.0 Å². The molecule has 0 saturated heterocycles. The minimum absolute atomic E-state index is 0.0342. The molecular weight excluding hydrogens is 647 g/mol. The van der Waals surface area contributed by atoms with Crippen molar-refractivity contribution in [1.82, 2.24) is 10.3 Å². The lowest BCUT2D eigenvalue weighted by Crippen LogP contribution is -2.29. The van der Waals surface area contributed by atoms with E-state index in [9.17, 15) is 13.2 Å². The van der Waals surface area contributed by atoms with Gasteiger partial charge in [-0.1, -0.05) is 97.1 Å². The highest BCUT2D eigenvalue weighted by Gasteiger charge is 2.34. The van der Waals surface area contributed by atoms with Gasteiger partial charge >= 0.3 is 0 Å². The number of para-hydroxylation sites is 2. The van der Waals surface area contributed by atoms with Gasteiger partial charge in [0.1, 0.15) is 4.90 Å². The highest BCUT2D eigenvalue weighted by atomic mass is 32.2. The number of sulfonamides is 1. The number of methoxy groups -OCH3 is 2. The molecular formula is C41H37N3O5S. The maximum Gasteiger partial charge on any atom is 0.268 e. The Labute approximate surface area is 292 Å². The fourth-order valence-corrected chi connectivity index (χ4v) is 8.49. The largest absolute Gasteiger partial charge is 0.493 e. The smallest absolute Gasteiger partial charge is 0.268 e. The van der Waals surface area contributed by atoms with Crippen LogP contribution in [0, 0.1) is 0 Å². The van der Waals surface area contributed by atoms with E-state index in [4.69, 9.17) is 9.47 Å². The zero-order valence-electron chi connectivity index (χ0n) is 27.8. The molecule has 7 rings (SSSR count). The SMILES string of the molecule is COc1cc(C=CC(=O)NCC(c2ccccc2)c2c(-c3ccccc3)[nH]c3ccccc23)cc(S(=O)(=O)N2CCc3ccccc32)c1OC. The van der Waals surface area contributed by atoms with E-state index < -0.39 is 10.0 Å². The number of aromatic amines is 1. The molecule has 1 amide bonds. The van der Waals surface area contributed by atoms with Gasteiger partial charge in [-0.3, -0.25) is 9.10 Å². The first-order valence-electron chi connectivity index (χ1n) is 16.4. The van der Waals surface area contributed by atoms with Crippen LogP contribution in [-0.4, -0.2) is 46.6 Å². The Morgan fingerprint density at radius 2 is 1.58 bits per heavy atom. The van der Waals surface area contributed by atoms with Crippen molar-refractivity contribution in [3.63, 3.8) is 0 Å². The van der Waals surface area contributed by atoms with Crippen LogP contribution < -0.4 is 19.1 Å². The normalized spacial score (nSPS) is 13.4. The molecule has 1 aromatic heterocycles. The molecule has 5 aromatic carbocycles. The van der Waals surface area contributed by atoms with E-state index >= 15 is 0 Å². The van der Waals surface area contributed by atoms with Crippen LogP contribution in [0.2, 0.25) is 0 Å². The summed E-state index contributed by atoms with van der Waals surface area (Å²) < 4.78 is 40.7. The molecule has 6 aromatic rings. The molecule has 8 nitrogen and oxygen atoms in total. The minimum Gasteiger partial charge on any atom is -0.493 e. The number of nitrogens with zero attached hydrogens (tertiary/aromatic N) is 1. The highest BCUT2D eigenvalue weighted by Crippen LogP contribution is 2.41. The van der Waals surface area contributed by atoms with Crippen LogP contribution in [0.4, 0.5) is 5.69 Å². The molecule has 2 N–H and O–H groups in total. The van der Waals surface area contributed by atoms with Gasteiger partial charge in [-0.25, -0.2) is 8.42 Å². The summed E-state index contributed by atoms with van der Waals surface area (Å²) in [4.78, 5) is 17.1. The third kappa shape index (κ3) is 6.23. The van der Waals surface area contributed by atoms with Gasteiger partial charge in [0.2, 0.25) is 5.91 Å². The first kappa shape index (κ1) is 32.7. The van der Waals surface area contributed by atoms with Gasteiger partial charge in [0.05, 0.1) is 25.6 Å². The van der Waals surface area contributed by atoms with E-state index in [1.54, 1.807) is 18.2 Å². The summed E-state index contributed by atoms with van der Waals surface area (Å²) in [6, 6.07) is 39.2. The van der Waals surface area contributed by atoms with Crippen molar-refractivity contribution in [3.05, 3.63) is 150 Å². The molecule has 9 heteroatoms. The molecule has 2 heterocycles. The second-order valence-corrected chi connectivity index (χ2v) is 13.9. The van der Waals surface area contributed by atoms with Crippen molar-refractivity contribution < 1.29 is 22.7 Å². The number of hydrogen-bond donors (Lipinski definition) is 2. The second kappa shape index (κ2) is 14.0. The summed E-state index contributed by atoms with van der Waals surface area (Å²) in [5.41, 5.74) is 7.33. The molecule has 50 heavy (non-hydrogen) atoms. The van der Waals surface area contributed by atoms with Crippen molar-refractivity contribution in [1.29, 1.82) is 0 Å². The summed E-state index contributed by atoms with van der Waals surface area (Å²) in [5, 5.41) is 4.20. The average molecular weight is 684 g/mol. The van der Waals surface area contributed by atoms with Crippen LogP contribution in [0.25, 0.3) is 28.2 Å². The summed E-state index contributed by atoms with van der Waals surface area (Å²) in [7, 11) is -1.15. The predicted octanol–water partition coefficient (Wildman–Crippen LogP) is 7.57. The van der Waals surface area contributed by atoms with Crippen LogP contribution in [0.15, 0.2) is 132 Å². The van der Waals surface area contributed by atoms with E-state index in [0.29, 0.717) is 30.8 Å². The number of ether oxygens (including phenoxy) is 2. The summed E-state index contributed by atoms with van der Waals surface area (Å²) in [5.74, 6) is -0.129. The quantitative estimate of drug-likeness (QED) is 0.137. The first-order valence-corrected chi connectivity index (χ1v) is 17.9. The lowest BCUT2D eigenvalue weighted by Gasteiger charge is -2.22. The van der Waals surface area contributed by atoms with Gasteiger partial charge in [0, 0.05) is 36.0 Å². The van der Waals surface area contributed by atoms with Crippen LogP contribution >= 0.6 is 0 Å². The number of benzene rings is 5. The van der Waals surface area contributed by atoms with E-state index in [2.05, 4.69) is 46.7 Å². The molecule has 1 atom stereocenters. The van der Waals surface area contributed by atoms with Crippen molar-refractivity contribution in [3.8, 4) is 22.8 Å². The number of aromatic nitrogens is 1. The molecule has 0 spiro atoms. The van der Waals surface area contributed by atoms with E-state index in [1.807, 2.05) is 66.7 Å². The number of carbonyl (C=O) groups is 1. The van der Waals surface area contributed by atoms with E-state index in [-0.39, 0.29) is 28.2 Å². The van der Waals surface area contributed by atoms with Crippen molar-refractivity contribution in [2.75, 3.05) is 31.6 Å². The van der Waals surface area contributed by atoms with Crippen LogP contribution in [0.1, 0.15) is 28.2 Å². The van der Waals surface area contributed by atoms with E-state index in [1.165, 1.54) is 30.7 Å². The molecule has 252 valence electrons. The number of hydrogen-bond acceptors (Lipinski definition) is 5. The van der Waals surface area contributed by atoms with Gasteiger partial charge in [0.15, 0.2) is 11.5 Å². The number of amides is 1. The number of nitrogens with one attached hydrogen (secondary N) is 2. The topological polar surface area (TPSA) is 101 Å². The maximum atomic E-state index is 14.1. The number of fused-ring (bicyclic) bond motifs is 2. The molecule has 0 fully saturated rings. The van der Waals surface area contributed by atoms with Crippen molar-refractivity contribution in [2.45, 2.75) is 17.2 Å². The molecule has 1 aliphatic heterocycles. The van der Waals surface area contributed by atoms with Crippen molar-refractivity contribution >= 4 is 38.6 Å². The summed E-state index contributed by atoms with van der Waals surface area (Å²) in [6.07, 6.45) is 3.62. The fraction of sp³-hybridized carbons (Fsp3) is 0.146. The summed E-state index contributed by atoms with van der Waals surface area (Å²) >= 11 is 0. The van der Waals surface area contributed by atoms with Crippen LogP contribution in [0.3, 0.4) is 0 Å². The molecule has 0 bridgehead atoms. The number of carbonyl (C=O) groups excluding carboxylic acids is 1. The van der Waals surface area contributed by atoms with Gasteiger partial charge < -0.3 is 19.8 Å². The Bertz CT molecular complexity index is 2300. The minimum atomic E-state index is -4.02. The second-order valence-electron chi connectivity index (χ2n) is 12.1. The average Bonchev–Trinajstić information content (AvgIpc) is 3.77. The maximum absolute atomic E-state index is 14.1. The highest BCUT2D eigenvalue weighted by molar-refractivity contribution is 7.93. The first-order chi connectivity index (χ1) is 24.4. The third-order valence-electron chi connectivity index (χ3n) is 9.15. The monoisotopic (exact) mass is 683 g/mol. The molecule has 1 unspecified atom stereocenters. The number of anilines is 1.